The number of piperazine rings is 2. The van der Waals surface area contributed by atoms with Crippen molar-refractivity contribution in [3.05, 3.63) is 77.2 Å². The number of ether oxygens (including phenoxy) is 1. The van der Waals surface area contributed by atoms with Crippen molar-refractivity contribution in [2.24, 2.45) is 0 Å². The molecule has 7 heterocycles. The molecule has 9 rings (SSSR count). The summed E-state index contributed by atoms with van der Waals surface area (Å²) in [5, 5.41) is 9.32. The predicted molar refractivity (Wildman–Crippen MR) is 223 cm³/mol. The zero-order valence-corrected chi connectivity index (χ0v) is 33.0. The monoisotopic (exact) mass is 772 g/mol. The highest BCUT2D eigenvalue weighted by Gasteiger charge is 2.27. The van der Waals surface area contributed by atoms with E-state index in [0.29, 0.717) is 37.9 Å². The zero-order valence-electron chi connectivity index (χ0n) is 33.0. The third kappa shape index (κ3) is 7.99. The maximum atomic E-state index is 12.4. The molecule has 3 N–H and O–H groups in total. The number of nitrogens with one attached hydrogen (secondary N) is 3. The van der Waals surface area contributed by atoms with Crippen LogP contribution in [-0.2, 0) is 17.8 Å². The van der Waals surface area contributed by atoms with Crippen LogP contribution in [0.2, 0.25) is 0 Å². The van der Waals surface area contributed by atoms with Crippen LogP contribution in [0.15, 0.2) is 54.9 Å². The van der Waals surface area contributed by atoms with Crippen LogP contribution in [0.4, 0.5) is 44.9 Å². The number of fused-ring (bicyclic) bond motifs is 2. The van der Waals surface area contributed by atoms with Crippen LogP contribution in [-0.4, -0.2) is 128 Å². The number of urea groups is 1. The van der Waals surface area contributed by atoms with Gasteiger partial charge in [-0.2, -0.15) is 0 Å². The molecular weight excluding hydrogens is 721 g/mol. The fourth-order valence-corrected chi connectivity index (χ4v) is 8.66. The van der Waals surface area contributed by atoms with E-state index in [1.807, 2.05) is 25.4 Å². The number of hydrogen-bond acceptors (Lipinski definition) is 13. The van der Waals surface area contributed by atoms with Crippen molar-refractivity contribution in [2.75, 3.05) is 122 Å². The van der Waals surface area contributed by atoms with Crippen molar-refractivity contribution >= 4 is 52.0 Å². The molecule has 3 fully saturated rings. The van der Waals surface area contributed by atoms with Gasteiger partial charge in [0.25, 0.3) is 0 Å². The topological polar surface area (TPSA) is 138 Å². The summed E-state index contributed by atoms with van der Waals surface area (Å²) in [4.78, 5) is 52.2. The fourth-order valence-electron chi connectivity index (χ4n) is 8.66. The lowest BCUT2D eigenvalue weighted by molar-refractivity contribution is -0.120. The SMILES string of the molecule is Cc1cc(N2CCN(CCN3CCN(c4ccc(Nc5ncc6c(n5)CN(c5cnc7c(c5C)NCCO7)CC6)cc4)CC3)CC2)ccc1N1CCC(=O)NC1=O. The Morgan fingerprint density at radius 3 is 2.19 bits per heavy atom. The number of imide groups is 1. The maximum Gasteiger partial charge on any atom is 0.328 e. The quantitative estimate of drug-likeness (QED) is 0.227. The van der Waals surface area contributed by atoms with Crippen LogP contribution >= 0.6 is 0 Å². The predicted octanol–water partition coefficient (Wildman–Crippen LogP) is 3.99. The van der Waals surface area contributed by atoms with E-state index in [4.69, 9.17) is 9.72 Å². The Kier molecular flexibility index (Phi) is 10.4. The minimum atomic E-state index is -0.338. The number of amides is 3. The zero-order chi connectivity index (χ0) is 38.9. The first kappa shape index (κ1) is 36.9. The van der Waals surface area contributed by atoms with Gasteiger partial charge in [-0.05, 0) is 73.9 Å². The normalized spacial score (nSPS) is 19.1. The molecule has 0 radical (unpaired) electrons. The largest absolute Gasteiger partial charge is 0.474 e. The molecule has 5 aliphatic heterocycles. The lowest BCUT2D eigenvalue weighted by Crippen LogP contribution is -2.51. The summed E-state index contributed by atoms with van der Waals surface area (Å²) in [5.74, 6) is 1.09. The van der Waals surface area contributed by atoms with E-state index < -0.39 is 0 Å². The molecule has 0 spiro atoms. The average Bonchev–Trinajstić information content (AvgIpc) is 3.24. The van der Waals surface area contributed by atoms with E-state index in [1.54, 1.807) is 4.90 Å². The van der Waals surface area contributed by atoms with Gasteiger partial charge in [0.2, 0.25) is 17.7 Å². The van der Waals surface area contributed by atoms with E-state index in [0.717, 1.165) is 125 Å². The van der Waals surface area contributed by atoms with Crippen LogP contribution in [0.3, 0.4) is 0 Å². The Morgan fingerprint density at radius 2 is 1.47 bits per heavy atom. The van der Waals surface area contributed by atoms with E-state index >= 15 is 0 Å². The number of benzene rings is 2. The molecule has 3 saturated heterocycles. The van der Waals surface area contributed by atoms with Gasteiger partial charge in [-0.25, -0.2) is 19.7 Å². The minimum Gasteiger partial charge on any atom is -0.474 e. The summed E-state index contributed by atoms with van der Waals surface area (Å²) in [6, 6.07) is 14.6. The van der Waals surface area contributed by atoms with Crippen molar-refractivity contribution in [2.45, 2.75) is 33.2 Å². The lowest BCUT2D eigenvalue weighted by atomic mass is 10.0. The number of rotatable bonds is 9. The molecule has 2 aromatic carbocycles. The Hall–Kier alpha value is -5.67. The van der Waals surface area contributed by atoms with Crippen molar-refractivity contribution in [3.63, 3.8) is 0 Å². The standard InChI is InChI=1S/C42H52N12O3/c1-29-25-34(7-8-36(29)54-13-10-38(55)48-42(54)56)52-22-18-50(19-23-52)15-14-49-16-20-51(21-17-49)33-5-3-32(4-6-33)46-41-45-26-31-9-12-53(28-35(31)47-41)37-27-44-40-39(30(37)2)43-11-24-57-40/h3-8,25-27,43H,9-24,28H2,1-2H3,(H,45,46,47)(H,48,55,56). The first-order valence-electron chi connectivity index (χ1n) is 20.3. The Labute approximate surface area is 334 Å². The van der Waals surface area contributed by atoms with Crippen molar-refractivity contribution in [1.29, 1.82) is 0 Å². The molecule has 0 unspecified atom stereocenters. The van der Waals surface area contributed by atoms with Gasteiger partial charge in [0.1, 0.15) is 12.3 Å². The van der Waals surface area contributed by atoms with Crippen LogP contribution < -0.4 is 40.3 Å². The van der Waals surface area contributed by atoms with Crippen LogP contribution in [0, 0.1) is 13.8 Å². The molecule has 0 aliphatic carbocycles. The van der Waals surface area contributed by atoms with Gasteiger partial charge in [0.15, 0.2) is 0 Å². The Bertz CT molecular complexity index is 2110. The summed E-state index contributed by atoms with van der Waals surface area (Å²) in [6.07, 6.45) is 5.11. The molecule has 5 aliphatic rings. The summed E-state index contributed by atoms with van der Waals surface area (Å²) >= 11 is 0. The minimum absolute atomic E-state index is 0.211. The van der Waals surface area contributed by atoms with Gasteiger partial charge in [0.05, 0.1) is 24.1 Å². The number of aromatic nitrogens is 3. The van der Waals surface area contributed by atoms with Gasteiger partial charge in [0, 0.05) is 126 Å². The number of hydrogen-bond donors (Lipinski definition) is 3. The summed E-state index contributed by atoms with van der Waals surface area (Å²) in [7, 11) is 0. The highest BCUT2D eigenvalue weighted by molar-refractivity contribution is 6.06. The number of carbonyl (C=O) groups excluding carboxylic acids is 2. The maximum absolute atomic E-state index is 12.4. The fraction of sp³-hybridized carbons (Fsp3) is 0.452. The summed E-state index contributed by atoms with van der Waals surface area (Å²) < 4.78 is 5.74. The molecule has 15 heteroatoms. The third-order valence-electron chi connectivity index (χ3n) is 12.1. The van der Waals surface area contributed by atoms with Gasteiger partial charge >= 0.3 is 6.03 Å². The molecule has 0 saturated carbocycles. The van der Waals surface area contributed by atoms with E-state index in [9.17, 15) is 9.59 Å². The van der Waals surface area contributed by atoms with Crippen LogP contribution in [0.1, 0.15) is 28.8 Å². The molecule has 4 aromatic rings. The molecule has 298 valence electrons. The average molecular weight is 773 g/mol. The van der Waals surface area contributed by atoms with Gasteiger partial charge in [-0.1, -0.05) is 0 Å². The second-order valence-corrected chi connectivity index (χ2v) is 15.6. The van der Waals surface area contributed by atoms with Crippen LogP contribution in [0.25, 0.3) is 0 Å². The Balaban J connectivity index is 0.718. The van der Waals surface area contributed by atoms with Crippen molar-refractivity contribution < 1.29 is 14.3 Å². The van der Waals surface area contributed by atoms with Gasteiger partial charge < -0.3 is 30.1 Å². The smallest absolute Gasteiger partial charge is 0.328 e. The number of aryl methyl sites for hydroxylation is 1. The van der Waals surface area contributed by atoms with E-state index in [2.05, 4.69) is 93.7 Å². The highest BCUT2D eigenvalue weighted by atomic mass is 16.5. The van der Waals surface area contributed by atoms with Crippen LogP contribution in [0.5, 0.6) is 5.88 Å². The van der Waals surface area contributed by atoms with Crippen molar-refractivity contribution in [1.82, 2.24) is 30.1 Å². The second-order valence-electron chi connectivity index (χ2n) is 15.6. The van der Waals surface area contributed by atoms with E-state index in [-0.39, 0.29) is 11.9 Å². The number of carbonyl (C=O) groups is 2. The first-order chi connectivity index (χ1) is 27.8. The molecular formula is C42H52N12O3. The second kappa shape index (κ2) is 16.1. The van der Waals surface area contributed by atoms with E-state index in [1.165, 1.54) is 16.9 Å². The third-order valence-corrected chi connectivity index (χ3v) is 12.1. The highest BCUT2D eigenvalue weighted by Crippen LogP contribution is 2.36. The lowest BCUT2D eigenvalue weighted by Gasteiger charge is -2.39. The van der Waals surface area contributed by atoms with Gasteiger partial charge in [-0.15, -0.1) is 0 Å². The molecule has 0 atom stereocenters. The molecule has 2 aromatic heterocycles. The first-order valence-corrected chi connectivity index (χ1v) is 20.3. The molecule has 57 heavy (non-hydrogen) atoms. The number of pyridine rings is 1. The van der Waals surface area contributed by atoms with Crippen molar-refractivity contribution in [3.8, 4) is 5.88 Å². The number of anilines is 7. The number of nitrogens with zero attached hydrogens (tertiary/aromatic N) is 9. The molecule has 15 nitrogen and oxygen atoms in total. The molecule has 0 bridgehead atoms. The summed E-state index contributed by atoms with van der Waals surface area (Å²) in [6.45, 7) is 17.9. The summed E-state index contributed by atoms with van der Waals surface area (Å²) in [5.41, 5.74) is 10.8. The van der Waals surface area contributed by atoms with Gasteiger partial charge in [-0.3, -0.25) is 24.8 Å². The Morgan fingerprint density at radius 1 is 0.754 bits per heavy atom. The molecule has 3 amide bonds.